The van der Waals surface area contributed by atoms with Gasteiger partial charge >= 0.3 is 0 Å². The van der Waals surface area contributed by atoms with E-state index in [1.807, 2.05) is 31.0 Å². The Morgan fingerprint density at radius 3 is 2.83 bits per heavy atom. The first-order valence-electron chi connectivity index (χ1n) is 10.4. The van der Waals surface area contributed by atoms with Gasteiger partial charge in [-0.2, -0.15) is 0 Å². The van der Waals surface area contributed by atoms with Crippen molar-refractivity contribution in [3.05, 3.63) is 34.9 Å². The van der Waals surface area contributed by atoms with Crippen LogP contribution in [0.4, 0.5) is 10.2 Å². The minimum absolute atomic E-state index is 0.00113. The lowest BCUT2D eigenvalue weighted by Gasteiger charge is -2.34. The quantitative estimate of drug-likeness (QED) is 0.828. The minimum atomic E-state index is -0.836. The summed E-state index contributed by atoms with van der Waals surface area (Å²) in [4.78, 5) is 2.01. The topological polar surface area (TPSA) is 70.5 Å². The molecule has 2 N–H and O–H groups in total. The van der Waals surface area contributed by atoms with Gasteiger partial charge in [0.25, 0.3) is 0 Å². The Bertz CT molecular complexity index is 937. The molecule has 6 nitrogen and oxygen atoms in total. The third-order valence-electron chi connectivity index (χ3n) is 6.30. The molecule has 0 radical (unpaired) electrons. The number of aryl methyl sites for hydroxylation is 1. The lowest BCUT2D eigenvalue weighted by molar-refractivity contribution is 0.0200. The zero-order valence-corrected chi connectivity index (χ0v) is 16.9. The zero-order valence-electron chi connectivity index (χ0n) is 16.9. The maximum atomic E-state index is 14.1. The summed E-state index contributed by atoms with van der Waals surface area (Å²) in [5, 5.41) is 23.1. The van der Waals surface area contributed by atoms with Crippen LogP contribution in [0.3, 0.4) is 0 Å². The number of likely N-dealkylation sites (tertiary alicyclic amines) is 1. The van der Waals surface area contributed by atoms with Crippen LogP contribution in [-0.2, 0) is 16.8 Å². The van der Waals surface area contributed by atoms with E-state index in [0.717, 1.165) is 48.3 Å². The molecule has 0 bridgehead atoms. The summed E-state index contributed by atoms with van der Waals surface area (Å²) in [6.07, 6.45) is 2.27. The summed E-state index contributed by atoms with van der Waals surface area (Å²) in [5.41, 5.74) is 4.20. The summed E-state index contributed by atoms with van der Waals surface area (Å²) < 4.78 is 20.2. The average molecular weight is 398 g/mol. The van der Waals surface area contributed by atoms with Crippen LogP contribution >= 0.6 is 0 Å². The molecule has 7 heteroatoms. The number of piperidine rings is 1. The van der Waals surface area contributed by atoms with Crippen LogP contribution < -0.4 is 5.32 Å². The van der Waals surface area contributed by atoms with Gasteiger partial charge in [-0.15, -0.1) is 10.2 Å². The third kappa shape index (κ3) is 3.36. The second-order valence-corrected chi connectivity index (χ2v) is 8.76. The number of rotatable bonds is 3. The van der Waals surface area contributed by atoms with Crippen molar-refractivity contribution in [2.24, 2.45) is 0 Å². The molecule has 1 spiro atoms. The maximum absolute atomic E-state index is 14.1. The monoisotopic (exact) mass is 398 g/mol. The number of aromatic nitrogens is 2. The predicted octanol–water partition coefficient (Wildman–Crippen LogP) is 3.17. The molecule has 2 aromatic rings. The van der Waals surface area contributed by atoms with Gasteiger partial charge in [-0.25, -0.2) is 4.39 Å². The van der Waals surface area contributed by atoms with Gasteiger partial charge < -0.3 is 20.1 Å². The van der Waals surface area contributed by atoms with Gasteiger partial charge in [-0.1, -0.05) is 6.07 Å². The fourth-order valence-electron chi connectivity index (χ4n) is 4.83. The van der Waals surface area contributed by atoms with Crippen LogP contribution in [0.2, 0.25) is 0 Å². The minimum Gasteiger partial charge on any atom is -0.507 e. The number of ether oxygens (including phenoxy) is 1. The standard InChI is InChI=1S/C22H27FN4O2/c1-13-3-4-16(18(28)9-13)20-19-17(5-8-29-22(19)6-7-22)21(26-25-20)24-15-10-14(23)11-27(2)12-15/h3-4,9,14-15,28H,5-8,10-12H2,1-2H3,(H,24,26)/t14-,15-/m1/s1. The molecule has 2 fully saturated rings. The van der Waals surface area contributed by atoms with E-state index in [1.165, 1.54) is 0 Å². The van der Waals surface area contributed by atoms with E-state index >= 15 is 0 Å². The van der Waals surface area contributed by atoms with Crippen LogP contribution in [0.15, 0.2) is 18.2 Å². The Kier molecular flexibility index (Phi) is 4.47. The van der Waals surface area contributed by atoms with E-state index in [-0.39, 0.29) is 17.4 Å². The number of fused-ring (bicyclic) bond motifs is 2. The number of hydrogen-bond donors (Lipinski definition) is 2. The SMILES string of the molecule is Cc1ccc(-c2nnc(N[C@@H]3C[C@@H](F)CN(C)C3)c3c2C2(CC2)OCC3)c(O)c1. The Labute approximate surface area is 170 Å². The summed E-state index contributed by atoms with van der Waals surface area (Å²) >= 11 is 0. The highest BCUT2D eigenvalue weighted by Crippen LogP contribution is 2.56. The van der Waals surface area contributed by atoms with Crippen molar-refractivity contribution >= 4 is 5.82 Å². The van der Waals surface area contributed by atoms with Crippen molar-refractivity contribution in [2.45, 2.75) is 50.4 Å². The van der Waals surface area contributed by atoms with Crippen molar-refractivity contribution in [1.82, 2.24) is 15.1 Å². The third-order valence-corrected chi connectivity index (χ3v) is 6.30. The van der Waals surface area contributed by atoms with Gasteiger partial charge in [0, 0.05) is 42.2 Å². The summed E-state index contributed by atoms with van der Waals surface area (Å²) in [6, 6.07) is 5.62. The molecule has 2 aliphatic heterocycles. The van der Waals surface area contributed by atoms with E-state index in [4.69, 9.17) is 4.74 Å². The molecule has 5 rings (SSSR count). The number of nitrogens with one attached hydrogen (secondary N) is 1. The van der Waals surface area contributed by atoms with Crippen LogP contribution in [0.1, 0.15) is 36.0 Å². The summed E-state index contributed by atoms with van der Waals surface area (Å²) in [5.74, 6) is 0.940. The molecule has 3 heterocycles. The number of halogens is 1. The van der Waals surface area contributed by atoms with Gasteiger partial charge in [0.1, 0.15) is 17.6 Å². The number of aromatic hydroxyl groups is 1. The van der Waals surface area contributed by atoms with Crippen LogP contribution in [0.25, 0.3) is 11.3 Å². The Hall–Kier alpha value is -2.25. The van der Waals surface area contributed by atoms with E-state index < -0.39 is 6.17 Å². The van der Waals surface area contributed by atoms with Crippen molar-refractivity contribution < 1.29 is 14.2 Å². The molecule has 3 aliphatic rings. The van der Waals surface area contributed by atoms with Gasteiger partial charge in [-0.3, -0.25) is 0 Å². The predicted molar refractivity (Wildman–Crippen MR) is 109 cm³/mol. The van der Waals surface area contributed by atoms with Gasteiger partial charge in [0.2, 0.25) is 0 Å². The normalized spacial score (nSPS) is 25.6. The Morgan fingerprint density at radius 1 is 1.28 bits per heavy atom. The molecule has 1 saturated carbocycles. The molecule has 1 aromatic carbocycles. The van der Waals surface area contributed by atoms with Crippen molar-refractivity contribution in [1.29, 1.82) is 0 Å². The number of phenolic OH excluding ortho intramolecular Hbond substituents is 1. The van der Waals surface area contributed by atoms with E-state index in [0.29, 0.717) is 30.8 Å². The first-order chi connectivity index (χ1) is 13.9. The van der Waals surface area contributed by atoms with Gasteiger partial charge in [0.05, 0.1) is 12.2 Å². The fraction of sp³-hybridized carbons (Fsp3) is 0.545. The second kappa shape index (κ2) is 6.92. The average Bonchev–Trinajstić information content (AvgIpc) is 3.42. The largest absolute Gasteiger partial charge is 0.507 e. The first-order valence-corrected chi connectivity index (χ1v) is 10.4. The van der Waals surface area contributed by atoms with Crippen molar-refractivity contribution in [2.75, 3.05) is 32.1 Å². The number of likely N-dealkylation sites (N-methyl/N-ethyl adjacent to an activating group) is 1. The number of benzene rings is 1. The highest BCUT2D eigenvalue weighted by molar-refractivity contribution is 5.74. The van der Waals surface area contributed by atoms with Gasteiger partial charge in [0.15, 0.2) is 5.82 Å². The summed E-state index contributed by atoms with van der Waals surface area (Å²) in [6.45, 7) is 3.84. The highest BCUT2D eigenvalue weighted by Gasteiger charge is 2.51. The molecule has 29 heavy (non-hydrogen) atoms. The van der Waals surface area contributed by atoms with Crippen molar-refractivity contribution in [3.8, 4) is 17.0 Å². The number of alkyl halides is 1. The molecule has 1 saturated heterocycles. The van der Waals surface area contributed by atoms with Crippen LogP contribution in [0, 0.1) is 6.92 Å². The molecule has 1 aromatic heterocycles. The number of hydrogen-bond acceptors (Lipinski definition) is 6. The fourth-order valence-corrected chi connectivity index (χ4v) is 4.83. The zero-order chi connectivity index (χ0) is 20.2. The van der Waals surface area contributed by atoms with Crippen LogP contribution in [-0.4, -0.2) is 59.2 Å². The van der Waals surface area contributed by atoms with Gasteiger partial charge in [-0.05, 0) is 50.9 Å². The van der Waals surface area contributed by atoms with E-state index in [9.17, 15) is 9.50 Å². The molecule has 154 valence electrons. The maximum Gasteiger partial charge on any atom is 0.152 e. The Morgan fingerprint density at radius 2 is 2.10 bits per heavy atom. The molecule has 1 aliphatic carbocycles. The lowest BCUT2D eigenvalue weighted by atomic mass is 9.91. The Balaban J connectivity index is 1.57. The molecule has 0 unspecified atom stereocenters. The van der Waals surface area contributed by atoms with E-state index in [1.54, 1.807) is 6.07 Å². The second-order valence-electron chi connectivity index (χ2n) is 8.76. The highest BCUT2D eigenvalue weighted by atomic mass is 19.1. The van der Waals surface area contributed by atoms with Crippen molar-refractivity contribution in [3.63, 3.8) is 0 Å². The van der Waals surface area contributed by atoms with Crippen LogP contribution in [0.5, 0.6) is 5.75 Å². The molecule has 2 atom stereocenters. The smallest absolute Gasteiger partial charge is 0.152 e. The lowest BCUT2D eigenvalue weighted by Crippen LogP contribution is -2.45. The first kappa shape index (κ1) is 18.8. The molecular formula is C22H27FN4O2. The molecule has 0 amide bonds. The molecular weight excluding hydrogens is 371 g/mol. The summed E-state index contributed by atoms with van der Waals surface area (Å²) in [7, 11) is 1.94. The number of anilines is 1. The number of phenols is 1. The van der Waals surface area contributed by atoms with E-state index in [2.05, 4.69) is 15.5 Å². The number of nitrogens with zero attached hydrogens (tertiary/aromatic N) is 3.